The van der Waals surface area contributed by atoms with Gasteiger partial charge in [-0.05, 0) is 42.5 Å². The standard InChI is InChI=1S/C25H23FN6O5.C2H4O2/c1-36-18-11-14(12-19-30-25(35)32(31-19)17-6-4-3-5-16(17)24(33)34)20(26)21(22(18)37-2)29-15-9-7-13(8-10-15)23(27)28;1-2(3)4/h3-11,29H,12H2,1-2H3,(H3,27,28)(H,33,34)(H,30,31,35);1H3,(H,3,4). The number of anilines is 2. The highest BCUT2D eigenvalue weighted by Crippen LogP contribution is 2.41. The van der Waals surface area contributed by atoms with Gasteiger partial charge in [0.2, 0.25) is 0 Å². The smallest absolute Gasteiger partial charge is 0.348 e. The molecule has 0 amide bonds. The Kier molecular flexibility index (Phi) is 9.42. The summed E-state index contributed by atoms with van der Waals surface area (Å²) in [5, 5.41) is 31.5. The van der Waals surface area contributed by atoms with Crippen molar-refractivity contribution >= 4 is 29.1 Å². The molecule has 0 saturated carbocycles. The van der Waals surface area contributed by atoms with E-state index in [1.54, 1.807) is 30.3 Å². The third-order valence-electron chi connectivity index (χ3n) is 5.53. The second kappa shape index (κ2) is 12.9. The van der Waals surface area contributed by atoms with Crippen LogP contribution in [0.3, 0.4) is 0 Å². The number of para-hydroxylation sites is 1. The number of aromatic carboxylic acids is 1. The zero-order valence-electron chi connectivity index (χ0n) is 22.2. The molecular weight excluding hydrogens is 539 g/mol. The molecule has 1 heterocycles. The van der Waals surface area contributed by atoms with Crippen LogP contribution in [-0.2, 0) is 11.2 Å². The van der Waals surface area contributed by atoms with Gasteiger partial charge in [0, 0.05) is 30.2 Å². The molecule has 0 saturated heterocycles. The molecule has 0 aliphatic rings. The van der Waals surface area contributed by atoms with Crippen molar-refractivity contribution in [2.24, 2.45) is 5.73 Å². The topological polar surface area (TPSA) is 206 Å². The van der Waals surface area contributed by atoms with Gasteiger partial charge in [0.05, 0.1) is 25.5 Å². The first-order chi connectivity index (χ1) is 19.5. The Morgan fingerprint density at radius 3 is 2.32 bits per heavy atom. The number of aliphatic carboxylic acids is 1. The average Bonchev–Trinajstić information content (AvgIpc) is 3.30. The van der Waals surface area contributed by atoms with E-state index in [9.17, 15) is 14.7 Å². The number of nitrogens with two attached hydrogens (primary N) is 1. The van der Waals surface area contributed by atoms with Crippen LogP contribution in [-0.4, -0.2) is 57.0 Å². The quantitative estimate of drug-likeness (QED) is 0.129. The van der Waals surface area contributed by atoms with E-state index >= 15 is 4.39 Å². The van der Waals surface area contributed by atoms with Crippen LogP contribution in [0.25, 0.3) is 5.69 Å². The monoisotopic (exact) mass is 566 g/mol. The zero-order valence-corrected chi connectivity index (χ0v) is 22.2. The van der Waals surface area contributed by atoms with Gasteiger partial charge in [-0.2, -0.15) is 4.68 Å². The maximum atomic E-state index is 15.8. The predicted molar refractivity (Wildman–Crippen MR) is 148 cm³/mol. The van der Waals surface area contributed by atoms with E-state index in [0.717, 1.165) is 11.6 Å². The van der Waals surface area contributed by atoms with Crippen molar-refractivity contribution in [2.45, 2.75) is 13.3 Å². The summed E-state index contributed by atoms with van der Waals surface area (Å²) < 4.78 is 27.5. The van der Waals surface area contributed by atoms with E-state index in [1.807, 2.05) is 0 Å². The van der Waals surface area contributed by atoms with Crippen molar-refractivity contribution in [2.75, 3.05) is 19.5 Å². The van der Waals surface area contributed by atoms with Crippen LogP contribution in [0.5, 0.6) is 11.5 Å². The molecule has 214 valence electrons. The number of hydrogen-bond acceptors (Lipinski definition) is 8. The van der Waals surface area contributed by atoms with E-state index in [-0.39, 0.29) is 52.1 Å². The molecule has 7 N–H and O–H groups in total. The zero-order chi connectivity index (χ0) is 30.3. The van der Waals surface area contributed by atoms with Crippen LogP contribution in [0.15, 0.2) is 59.4 Å². The van der Waals surface area contributed by atoms with Crippen molar-refractivity contribution < 1.29 is 33.7 Å². The van der Waals surface area contributed by atoms with Crippen LogP contribution >= 0.6 is 0 Å². The number of carbonyl (C=O) groups is 2. The summed E-state index contributed by atoms with van der Waals surface area (Å²) >= 11 is 0. The normalized spacial score (nSPS) is 10.2. The number of amidine groups is 1. The Hall–Kier alpha value is -5.66. The Morgan fingerprint density at radius 2 is 1.76 bits per heavy atom. The molecule has 0 aliphatic carbocycles. The SMILES string of the molecule is CC(=O)O.COc1cc(Cc2nn(-c3ccccc3C(=O)O)c(=O)[nH]2)c(F)c(Nc2ccc(C(=N)N)cc2)c1OC. The third-order valence-corrected chi connectivity index (χ3v) is 5.53. The Balaban J connectivity index is 0.00000108. The lowest BCUT2D eigenvalue weighted by atomic mass is 10.1. The van der Waals surface area contributed by atoms with E-state index in [1.165, 1.54) is 38.5 Å². The fraction of sp³-hybridized carbons (Fsp3) is 0.148. The maximum Gasteiger partial charge on any atom is 0.348 e. The van der Waals surface area contributed by atoms with Gasteiger partial charge in [-0.3, -0.25) is 15.2 Å². The fourth-order valence-electron chi connectivity index (χ4n) is 3.77. The van der Waals surface area contributed by atoms with Gasteiger partial charge in [-0.25, -0.2) is 14.0 Å². The molecule has 0 bridgehead atoms. The summed E-state index contributed by atoms with van der Waals surface area (Å²) in [7, 11) is 2.78. The maximum absolute atomic E-state index is 15.8. The van der Waals surface area contributed by atoms with Crippen LogP contribution < -0.4 is 26.2 Å². The van der Waals surface area contributed by atoms with Crippen LogP contribution in [0.4, 0.5) is 15.8 Å². The molecule has 0 atom stereocenters. The number of H-pyrrole nitrogens is 1. The summed E-state index contributed by atoms with van der Waals surface area (Å²) in [6.07, 6.45) is -0.137. The van der Waals surface area contributed by atoms with Crippen molar-refractivity contribution in [3.63, 3.8) is 0 Å². The Labute approximate surface area is 232 Å². The third kappa shape index (κ3) is 7.06. The number of carboxylic acids is 2. The Morgan fingerprint density at radius 1 is 1.12 bits per heavy atom. The molecule has 13 nitrogen and oxygen atoms in total. The number of benzene rings is 3. The highest BCUT2D eigenvalue weighted by atomic mass is 19.1. The minimum atomic E-state index is -1.22. The number of nitrogen functional groups attached to an aromatic ring is 1. The first kappa shape index (κ1) is 29.9. The number of hydrogen-bond donors (Lipinski definition) is 6. The van der Waals surface area contributed by atoms with E-state index < -0.39 is 23.4 Å². The minimum Gasteiger partial charge on any atom is -0.493 e. The molecule has 0 spiro atoms. The number of rotatable bonds is 9. The van der Waals surface area contributed by atoms with Gasteiger partial charge in [0.25, 0.3) is 5.97 Å². The van der Waals surface area contributed by atoms with E-state index in [0.29, 0.717) is 11.3 Å². The van der Waals surface area contributed by atoms with E-state index in [2.05, 4.69) is 15.4 Å². The fourth-order valence-corrected chi connectivity index (χ4v) is 3.77. The van der Waals surface area contributed by atoms with Gasteiger partial charge in [0.15, 0.2) is 17.3 Å². The number of halogens is 1. The summed E-state index contributed by atoms with van der Waals surface area (Å²) in [4.78, 5) is 35.7. The molecule has 14 heteroatoms. The molecule has 3 aromatic carbocycles. The highest BCUT2D eigenvalue weighted by molar-refractivity contribution is 5.95. The molecule has 41 heavy (non-hydrogen) atoms. The lowest BCUT2D eigenvalue weighted by Gasteiger charge is -2.18. The molecular formula is C27H27FN6O7. The summed E-state index contributed by atoms with van der Waals surface area (Å²) in [5.41, 5.74) is 5.92. The van der Waals surface area contributed by atoms with Crippen LogP contribution in [0.2, 0.25) is 0 Å². The van der Waals surface area contributed by atoms with Gasteiger partial charge >= 0.3 is 11.7 Å². The number of aromatic amines is 1. The molecule has 0 aliphatic heterocycles. The number of nitrogens with zero attached hydrogens (tertiary/aromatic N) is 2. The average molecular weight is 567 g/mol. The highest BCUT2D eigenvalue weighted by Gasteiger charge is 2.22. The molecule has 1 aromatic heterocycles. The van der Waals surface area contributed by atoms with Crippen LogP contribution in [0, 0.1) is 11.2 Å². The number of carboxylic acid groups (broad SMARTS) is 2. The molecule has 0 fully saturated rings. The van der Waals surface area contributed by atoms with Gasteiger partial charge < -0.3 is 30.7 Å². The van der Waals surface area contributed by atoms with Gasteiger partial charge in [0.1, 0.15) is 17.3 Å². The second-order valence-electron chi connectivity index (χ2n) is 8.38. The lowest BCUT2D eigenvalue weighted by molar-refractivity contribution is -0.134. The summed E-state index contributed by atoms with van der Waals surface area (Å²) in [5.74, 6) is -2.36. The van der Waals surface area contributed by atoms with Crippen molar-refractivity contribution in [1.29, 1.82) is 5.41 Å². The van der Waals surface area contributed by atoms with Crippen LogP contribution in [0.1, 0.15) is 34.2 Å². The lowest BCUT2D eigenvalue weighted by Crippen LogP contribution is -2.18. The summed E-state index contributed by atoms with van der Waals surface area (Å²) in [6.45, 7) is 1.08. The number of ether oxygens (including phenoxy) is 2. The number of nitrogens with one attached hydrogen (secondary N) is 3. The predicted octanol–water partition coefficient (Wildman–Crippen LogP) is 3.12. The largest absolute Gasteiger partial charge is 0.493 e. The van der Waals surface area contributed by atoms with Crippen molar-refractivity contribution in [1.82, 2.24) is 14.8 Å². The van der Waals surface area contributed by atoms with Crippen molar-refractivity contribution in [3.05, 3.63) is 93.4 Å². The molecule has 4 aromatic rings. The first-order valence-electron chi connectivity index (χ1n) is 11.8. The first-order valence-corrected chi connectivity index (χ1v) is 11.8. The summed E-state index contributed by atoms with van der Waals surface area (Å²) in [6, 6.07) is 13.8. The molecule has 0 unspecified atom stereocenters. The van der Waals surface area contributed by atoms with Gasteiger partial charge in [-0.15, -0.1) is 5.10 Å². The number of aromatic nitrogens is 3. The Bertz CT molecular complexity index is 1640. The van der Waals surface area contributed by atoms with Crippen molar-refractivity contribution in [3.8, 4) is 17.2 Å². The number of methoxy groups -OCH3 is 2. The molecule has 0 radical (unpaired) electrons. The molecule has 4 rings (SSSR count). The van der Waals surface area contributed by atoms with E-state index in [4.69, 9.17) is 30.5 Å². The van der Waals surface area contributed by atoms with Gasteiger partial charge in [-0.1, -0.05) is 12.1 Å². The second-order valence-corrected chi connectivity index (χ2v) is 8.38. The minimum absolute atomic E-state index is 0.00886.